The van der Waals surface area contributed by atoms with Gasteiger partial charge in [0.2, 0.25) is 0 Å². The molecule has 1 fully saturated rings. The topological polar surface area (TPSA) is 40.5 Å². The van der Waals surface area contributed by atoms with E-state index in [-0.39, 0.29) is 25.4 Å². The van der Waals surface area contributed by atoms with Gasteiger partial charge in [0.05, 0.1) is 12.5 Å². The third-order valence-corrected chi connectivity index (χ3v) is 3.05. The molecule has 1 N–H and O–H groups in total. The van der Waals surface area contributed by atoms with E-state index in [0.717, 1.165) is 0 Å². The number of aliphatic carboxylic acids is 1. The molecule has 0 spiro atoms. The average molecular weight is 235 g/mol. The molecule has 5 heteroatoms. The number of piperidine rings is 1. The standard InChI is InChI=1S/C11H19F2NO2/c1-8(2)9(10(15)16)6-14-5-3-4-11(12,13)7-14/h8-9H,3-7H2,1-2H3,(H,15,16). The molecule has 0 radical (unpaired) electrons. The van der Waals surface area contributed by atoms with Crippen molar-refractivity contribution in [3.8, 4) is 0 Å². The van der Waals surface area contributed by atoms with E-state index in [2.05, 4.69) is 0 Å². The lowest BCUT2D eigenvalue weighted by Gasteiger charge is -2.34. The van der Waals surface area contributed by atoms with Gasteiger partial charge in [-0.05, 0) is 18.9 Å². The maximum absolute atomic E-state index is 13.1. The monoisotopic (exact) mass is 235 g/mol. The van der Waals surface area contributed by atoms with Crippen LogP contribution in [-0.4, -0.2) is 41.5 Å². The second-order valence-corrected chi connectivity index (χ2v) is 4.88. The second-order valence-electron chi connectivity index (χ2n) is 4.88. The minimum absolute atomic E-state index is 0.0342. The van der Waals surface area contributed by atoms with Crippen molar-refractivity contribution in [3.05, 3.63) is 0 Å². The lowest BCUT2D eigenvalue weighted by molar-refractivity contribution is -0.145. The average Bonchev–Trinajstić information content (AvgIpc) is 2.11. The molecule has 94 valence electrons. The minimum atomic E-state index is -2.65. The molecule has 0 aromatic rings. The molecule has 16 heavy (non-hydrogen) atoms. The van der Waals surface area contributed by atoms with Crippen LogP contribution in [0.3, 0.4) is 0 Å². The Hall–Kier alpha value is -0.710. The molecule has 1 aliphatic rings. The summed E-state index contributed by atoms with van der Waals surface area (Å²) in [6.45, 7) is 4.11. The van der Waals surface area contributed by atoms with Gasteiger partial charge in [-0.3, -0.25) is 9.69 Å². The minimum Gasteiger partial charge on any atom is -0.481 e. The molecular weight excluding hydrogens is 216 g/mol. The highest BCUT2D eigenvalue weighted by atomic mass is 19.3. The Morgan fingerprint density at radius 3 is 2.56 bits per heavy atom. The highest BCUT2D eigenvalue weighted by Gasteiger charge is 2.36. The predicted molar refractivity (Wildman–Crippen MR) is 56.6 cm³/mol. The first-order valence-corrected chi connectivity index (χ1v) is 5.65. The van der Waals surface area contributed by atoms with Crippen molar-refractivity contribution < 1.29 is 18.7 Å². The fourth-order valence-corrected chi connectivity index (χ4v) is 2.05. The van der Waals surface area contributed by atoms with Gasteiger partial charge in [-0.1, -0.05) is 13.8 Å². The molecule has 1 unspecified atom stereocenters. The molecule has 0 saturated carbocycles. The smallest absolute Gasteiger partial charge is 0.308 e. The van der Waals surface area contributed by atoms with Crippen molar-refractivity contribution in [2.45, 2.75) is 32.6 Å². The van der Waals surface area contributed by atoms with Crippen LogP contribution in [0.2, 0.25) is 0 Å². The third kappa shape index (κ3) is 3.70. The van der Waals surface area contributed by atoms with Gasteiger partial charge in [0.15, 0.2) is 0 Å². The second kappa shape index (κ2) is 5.08. The van der Waals surface area contributed by atoms with Crippen LogP contribution in [-0.2, 0) is 4.79 Å². The summed E-state index contributed by atoms with van der Waals surface area (Å²) in [6.07, 6.45) is 0.361. The molecule has 3 nitrogen and oxygen atoms in total. The van der Waals surface area contributed by atoms with Gasteiger partial charge < -0.3 is 5.11 Å². The number of carbonyl (C=O) groups is 1. The summed E-state index contributed by atoms with van der Waals surface area (Å²) in [6, 6.07) is 0. The zero-order valence-corrected chi connectivity index (χ0v) is 9.75. The number of halogens is 2. The first-order valence-electron chi connectivity index (χ1n) is 5.65. The number of alkyl halides is 2. The van der Waals surface area contributed by atoms with Gasteiger partial charge in [0.25, 0.3) is 5.92 Å². The van der Waals surface area contributed by atoms with E-state index in [1.54, 1.807) is 18.7 Å². The molecule has 0 aliphatic carbocycles. The van der Waals surface area contributed by atoms with E-state index in [9.17, 15) is 13.6 Å². The number of hydrogen-bond donors (Lipinski definition) is 1. The Morgan fingerprint density at radius 1 is 1.50 bits per heavy atom. The summed E-state index contributed by atoms with van der Waals surface area (Å²) in [7, 11) is 0. The first kappa shape index (κ1) is 13.4. The largest absolute Gasteiger partial charge is 0.481 e. The van der Waals surface area contributed by atoms with E-state index >= 15 is 0 Å². The number of likely N-dealkylation sites (tertiary alicyclic amines) is 1. The molecule has 0 aromatic heterocycles. The number of nitrogens with zero attached hydrogens (tertiary/aromatic N) is 1. The maximum atomic E-state index is 13.1. The predicted octanol–water partition coefficient (Wildman–Crippen LogP) is 2.07. The van der Waals surface area contributed by atoms with Crippen LogP contribution >= 0.6 is 0 Å². The molecule has 1 rings (SSSR count). The van der Waals surface area contributed by atoms with Crippen LogP contribution in [0.25, 0.3) is 0 Å². The summed E-state index contributed by atoms with van der Waals surface area (Å²) in [4.78, 5) is 12.5. The van der Waals surface area contributed by atoms with Gasteiger partial charge in [0.1, 0.15) is 0 Å². The van der Waals surface area contributed by atoms with E-state index in [1.165, 1.54) is 0 Å². The molecule has 0 bridgehead atoms. The third-order valence-electron chi connectivity index (χ3n) is 3.05. The van der Waals surface area contributed by atoms with Crippen LogP contribution in [0.5, 0.6) is 0 Å². The van der Waals surface area contributed by atoms with Crippen molar-refractivity contribution in [2.75, 3.05) is 19.6 Å². The van der Waals surface area contributed by atoms with Crippen molar-refractivity contribution >= 4 is 5.97 Å². The molecule has 0 aromatic carbocycles. The fourth-order valence-electron chi connectivity index (χ4n) is 2.05. The summed E-state index contributed by atoms with van der Waals surface area (Å²) in [5, 5.41) is 8.99. The van der Waals surface area contributed by atoms with Crippen molar-refractivity contribution in [1.29, 1.82) is 0 Å². The Kier molecular flexibility index (Phi) is 4.24. The Bertz CT molecular complexity index is 256. The van der Waals surface area contributed by atoms with E-state index in [1.807, 2.05) is 0 Å². The van der Waals surface area contributed by atoms with Gasteiger partial charge in [-0.15, -0.1) is 0 Å². The quantitative estimate of drug-likeness (QED) is 0.811. The van der Waals surface area contributed by atoms with Crippen molar-refractivity contribution in [2.24, 2.45) is 11.8 Å². The van der Waals surface area contributed by atoms with Crippen molar-refractivity contribution in [3.63, 3.8) is 0 Å². The Morgan fingerprint density at radius 2 is 2.12 bits per heavy atom. The van der Waals surface area contributed by atoms with E-state index < -0.39 is 17.8 Å². The van der Waals surface area contributed by atoms with Gasteiger partial charge in [0, 0.05) is 13.0 Å². The molecule has 1 heterocycles. The molecule has 0 amide bonds. The zero-order chi connectivity index (χ0) is 12.3. The Labute approximate surface area is 94.4 Å². The lowest BCUT2D eigenvalue weighted by Crippen LogP contribution is -2.46. The maximum Gasteiger partial charge on any atom is 0.308 e. The van der Waals surface area contributed by atoms with Gasteiger partial charge in [-0.25, -0.2) is 8.78 Å². The molecule has 1 aliphatic heterocycles. The SMILES string of the molecule is CC(C)C(CN1CCCC(F)(F)C1)C(=O)O. The van der Waals surface area contributed by atoms with E-state index in [4.69, 9.17) is 5.11 Å². The van der Waals surface area contributed by atoms with Crippen molar-refractivity contribution in [1.82, 2.24) is 4.90 Å². The van der Waals surface area contributed by atoms with Crippen LogP contribution in [0.4, 0.5) is 8.78 Å². The van der Waals surface area contributed by atoms with Crippen LogP contribution in [0.1, 0.15) is 26.7 Å². The van der Waals surface area contributed by atoms with Crippen LogP contribution in [0.15, 0.2) is 0 Å². The van der Waals surface area contributed by atoms with Gasteiger partial charge >= 0.3 is 5.97 Å². The normalized spacial score (nSPS) is 23.3. The molecule has 1 atom stereocenters. The molecule has 1 saturated heterocycles. The number of carboxylic acids is 1. The number of rotatable bonds is 4. The zero-order valence-electron chi connectivity index (χ0n) is 9.75. The first-order chi connectivity index (χ1) is 7.32. The van der Waals surface area contributed by atoms with Crippen LogP contribution in [0, 0.1) is 11.8 Å². The summed E-state index contributed by atoms with van der Waals surface area (Å²) < 4.78 is 26.2. The van der Waals surface area contributed by atoms with E-state index in [0.29, 0.717) is 13.0 Å². The fraction of sp³-hybridized carbons (Fsp3) is 0.909. The number of hydrogen-bond acceptors (Lipinski definition) is 2. The van der Waals surface area contributed by atoms with Crippen LogP contribution < -0.4 is 0 Å². The number of carboxylic acid groups (broad SMARTS) is 1. The summed E-state index contributed by atoms with van der Waals surface area (Å²) in [5.74, 6) is -4.15. The Balaban J connectivity index is 2.55. The lowest BCUT2D eigenvalue weighted by atomic mass is 9.94. The molecular formula is C11H19F2NO2. The highest BCUT2D eigenvalue weighted by Crippen LogP contribution is 2.27. The van der Waals surface area contributed by atoms with Gasteiger partial charge in [-0.2, -0.15) is 0 Å². The summed E-state index contributed by atoms with van der Waals surface area (Å²) in [5.41, 5.74) is 0. The highest BCUT2D eigenvalue weighted by molar-refractivity contribution is 5.70. The summed E-state index contributed by atoms with van der Waals surface area (Å²) >= 11 is 0.